The lowest BCUT2D eigenvalue weighted by molar-refractivity contribution is -0.137. The van der Waals surface area contributed by atoms with Crippen molar-refractivity contribution < 1.29 is 22.7 Å². The number of nitrogens with zero attached hydrogens (tertiary/aromatic N) is 4. The van der Waals surface area contributed by atoms with Crippen molar-refractivity contribution in [3.05, 3.63) is 112 Å². The SMILES string of the molecule is Cc1ccc(Oc2nc(N(C)Cc3ccccc3)nc3c2CN(C(=O)c2cccc(C(F)(F)F)c2)CC3)cc1. The van der Waals surface area contributed by atoms with Crippen molar-refractivity contribution in [2.45, 2.75) is 32.6 Å². The molecule has 4 aromatic rings. The van der Waals surface area contributed by atoms with Gasteiger partial charge in [-0.05, 0) is 42.8 Å². The molecule has 1 aliphatic rings. The maximum absolute atomic E-state index is 13.2. The van der Waals surface area contributed by atoms with Gasteiger partial charge in [-0.2, -0.15) is 18.2 Å². The molecule has 9 heteroatoms. The number of alkyl halides is 3. The Morgan fingerprint density at radius 2 is 1.74 bits per heavy atom. The van der Waals surface area contributed by atoms with Crippen LogP contribution in [0.3, 0.4) is 0 Å². The van der Waals surface area contributed by atoms with Crippen molar-refractivity contribution in [1.29, 1.82) is 0 Å². The van der Waals surface area contributed by atoms with Crippen molar-refractivity contribution in [2.75, 3.05) is 18.5 Å². The number of benzene rings is 3. The number of ether oxygens (including phenoxy) is 1. The van der Waals surface area contributed by atoms with Gasteiger partial charge in [-0.1, -0.05) is 54.1 Å². The fraction of sp³-hybridized carbons (Fsp3) is 0.233. The lowest BCUT2D eigenvalue weighted by Crippen LogP contribution is -2.37. The van der Waals surface area contributed by atoms with E-state index in [1.807, 2.05) is 73.5 Å². The minimum atomic E-state index is -4.53. The van der Waals surface area contributed by atoms with Crippen LogP contribution in [0.4, 0.5) is 19.1 Å². The largest absolute Gasteiger partial charge is 0.438 e. The standard InChI is InChI=1S/C30H27F3N4O2/c1-20-11-13-24(14-12-20)39-27-25-19-37(28(38)22-9-6-10-23(17-22)30(31,32)33)16-15-26(25)34-29(35-27)36(2)18-21-7-4-3-5-8-21/h3-14,17H,15-16,18-19H2,1-2H3. The fourth-order valence-electron chi connectivity index (χ4n) is 4.46. The molecule has 0 saturated carbocycles. The van der Waals surface area contributed by atoms with Crippen LogP contribution >= 0.6 is 0 Å². The smallest absolute Gasteiger partial charge is 0.416 e. The molecule has 2 heterocycles. The monoisotopic (exact) mass is 532 g/mol. The van der Waals surface area contributed by atoms with Crippen LogP contribution in [0.1, 0.15) is 38.3 Å². The summed E-state index contributed by atoms with van der Waals surface area (Å²) in [7, 11) is 1.90. The molecule has 0 N–H and O–H groups in total. The van der Waals surface area contributed by atoms with Crippen LogP contribution in [0.2, 0.25) is 0 Å². The molecule has 0 spiro atoms. The molecule has 0 unspecified atom stereocenters. The Hall–Kier alpha value is -4.40. The maximum atomic E-state index is 13.2. The van der Waals surface area contributed by atoms with E-state index in [0.29, 0.717) is 42.7 Å². The van der Waals surface area contributed by atoms with Gasteiger partial charge >= 0.3 is 6.18 Å². The summed E-state index contributed by atoms with van der Waals surface area (Å²) < 4.78 is 45.9. The van der Waals surface area contributed by atoms with Gasteiger partial charge in [0.1, 0.15) is 5.75 Å². The molecule has 1 amide bonds. The molecule has 1 aromatic heterocycles. The Morgan fingerprint density at radius 1 is 1.00 bits per heavy atom. The molecule has 0 aliphatic carbocycles. The van der Waals surface area contributed by atoms with Crippen LogP contribution in [-0.4, -0.2) is 34.4 Å². The van der Waals surface area contributed by atoms with Gasteiger partial charge in [0.15, 0.2) is 0 Å². The molecule has 1 aliphatic heterocycles. The number of amides is 1. The molecular weight excluding hydrogens is 505 g/mol. The first-order chi connectivity index (χ1) is 18.7. The zero-order valence-electron chi connectivity index (χ0n) is 21.6. The highest BCUT2D eigenvalue weighted by atomic mass is 19.4. The summed E-state index contributed by atoms with van der Waals surface area (Å²) in [6.07, 6.45) is -4.12. The molecule has 3 aromatic carbocycles. The number of carbonyl (C=O) groups is 1. The fourth-order valence-corrected chi connectivity index (χ4v) is 4.46. The highest BCUT2D eigenvalue weighted by Crippen LogP contribution is 2.33. The van der Waals surface area contributed by atoms with Crippen molar-refractivity contribution in [2.24, 2.45) is 0 Å². The lowest BCUT2D eigenvalue weighted by atomic mass is 10.0. The average Bonchev–Trinajstić information content (AvgIpc) is 2.93. The van der Waals surface area contributed by atoms with Gasteiger partial charge in [-0.3, -0.25) is 4.79 Å². The van der Waals surface area contributed by atoms with Crippen LogP contribution in [0.15, 0.2) is 78.9 Å². The van der Waals surface area contributed by atoms with Gasteiger partial charge in [0.2, 0.25) is 11.8 Å². The second-order valence-electron chi connectivity index (χ2n) is 9.57. The summed E-state index contributed by atoms with van der Waals surface area (Å²) in [6, 6.07) is 22.0. The van der Waals surface area contributed by atoms with Crippen LogP contribution in [0.25, 0.3) is 0 Å². The third-order valence-electron chi connectivity index (χ3n) is 6.57. The van der Waals surface area contributed by atoms with Gasteiger partial charge < -0.3 is 14.5 Å². The third-order valence-corrected chi connectivity index (χ3v) is 6.57. The first kappa shape index (κ1) is 26.2. The summed E-state index contributed by atoms with van der Waals surface area (Å²) in [5.74, 6) is 0.899. The summed E-state index contributed by atoms with van der Waals surface area (Å²) in [5.41, 5.74) is 2.68. The number of anilines is 1. The Morgan fingerprint density at radius 3 is 2.46 bits per heavy atom. The Bertz CT molecular complexity index is 1470. The van der Waals surface area contributed by atoms with E-state index >= 15 is 0 Å². The highest BCUT2D eigenvalue weighted by Gasteiger charge is 2.32. The summed E-state index contributed by atoms with van der Waals surface area (Å²) >= 11 is 0. The molecule has 39 heavy (non-hydrogen) atoms. The summed E-state index contributed by atoms with van der Waals surface area (Å²) in [4.78, 5) is 26.2. The molecule has 5 rings (SSSR count). The highest BCUT2D eigenvalue weighted by molar-refractivity contribution is 5.94. The van der Waals surface area contributed by atoms with Crippen molar-refractivity contribution in [3.63, 3.8) is 0 Å². The topological polar surface area (TPSA) is 58.6 Å². The van der Waals surface area contributed by atoms with Crippen molar-refractivity contribution >= 4 is 11.9 Å². The van der Waals surface area contributed by atoms with E-state index in [4.69, 9.17) is 14.7 Å². The van der Waals surface area contributed by atoms with Gasteiger partial charge in [-0.15, -0.1) is 0 Å². The zero-order valence-corrected chi connectivity index (χ0v) is 21.6. The predicted octanol–water partition coefficient (Wildman–Crippen LogP) is 6.43. The molecular formula is C30H27F3N4O2. The average molecular weight is 533 g/mol. The van der Waals surface area contributed by atoms with Crippen LogP contribution in [0.5, 0.6) is 11.6 Å². The number of carbonyl (C=O) groups excluding carboxylic acids is 1. The Labute approximate surface area is 224 Å². The van der Waals surface area contributed by atoms with Gasteiger partial charge in [0, 0.05) is 32.1 Å². The van der Waals surface area contributed by atoms with Crippen LogP contribution in [0, 0.1) is 6.92 Å². The number of aryl methyl sites for hydroxylation is 1. The van der Waals surface area contributed by atoms with Crippen LogP contribution < -0.4 is 9.64 Å². The number of hydrogen-bond acceptors (Lipinski definition) is 5. The summed E-state index contributed by atoms with van der Waals surface area (Å²) in [5, 5.41) is 0. The Kier molecular flexibility index (Phi) is 7.24. The van der Waals surface area contributed by atoms with E-state index in [-0.39, 0.29) is 12.1 Å². The van der Waals surface area contributed by atoms with E-state index in [1.54, 1.807) is 0 Å². The maximum Gasteiger partial charge on any atom is 0.416 e. The molecule has 0 radical (unpaired) electrons. The molecule has 0 saturated heterocycles. The molecule has 0 atom stereocenters. The van der Waals surface area contributed by atoms with Gasteiger partial charge in [0.25, 0.3) is 5.91 Å². The minimum Gasteiger partial charge on any atom is -0.438 e. The van der Waals surface area contributed by atoms with Gasteiger partial charge in [-0.25, -0.2) is 4.98 Å². The summed E-state index contributed by atoms with van der Waals surface area (Å²) in [6.45, 7) is 2.99. The second-order valence-corrected chi connectivity index (χ2v) is 9.57. The van der Waals surface area contributed by atoms with E-state index in [0.717, 1.165) is 29.0 Å². The van der Waals surface area contributed by atoms with Gasteiger partial charge in [0.05, 0.1) is 23.4 Å². The number of rotatable bonds is 6. The van der Waals surface area contributed by atoms with E-state index < -0.39 is 17.6 Å². The van der Waals surface area contributed by atoms with Crippen LogP contribution in [-0.2, 0) is 25.7 Å². The van der Waals surface area contributed by atoms with E-state index in [2.05, 4.69) is 0 Å². The number of halogens is 3. The third kappa shape index (κ3) is 6.03. The number of aromatic nitrogens is 2. The Balaban J connectivity index is 1.46. The molecule has 0 fully saturated rings. The normalized spacial score (nSPS) is 13.1. The molecule has 6 nitrogen and oxygen atoms in total. The lowest BCUT2D eigenvalue weighted by Gasteiger charge is -2.30. The predicted molar refractivity (Wildman–Crippen MR) is 142 cm³/mol. The van der Waals surface area contributed by atoms with Crippen molar-refractivity contribution in [1.82, 2.24) is 14.9 Å². The second kappa shape index (κ2) is 10.8. The quantitative estimate of drug-likeness (QED) is 0.286. The minimum absolute atomic E-state index is 0.0191. The first-order valence-electron chi connectivity index (χ1n) is 12.5. The number of fused-ring (bicyclic) bond motifs is 1. The number of hydrogen-bond donors (Lipinski definition) is 0. The van der Waals surface area contributed by atoms with E-state index in [1.165, 1.54) is 17.0 Å². The molecule has 0 bridgehead atoms. The first-order valence-corrected chi connectivity index (χ1v) is 12.5. The zero-order chi connectivity index (χ0) is 27.6. The molecule has 200 valence electrons. The van der Waals surface area contributed by atoms with Crippen molar-refractivity contribution in [3.8, 4) is 11.6 Å². The van der Waals surface area contributed by atoms with E-state index in [9.17, 15) is 18.0 Å².